The first kappa shape index (κ1) is 24.4. The van der Waals surface area contributed by atoms with Crippen molar-refractivity contribution >= 4 is 29.9 Å². The molecule has 6 heteroatoms. The molecule has 28 heavy (non-hydrogen) atoms. The Bertz CT molecular complexity index is 775. The number of benzene rings is 2. The second kappa shape index (κ2) is 11.4. The maximum absolute atomic E-state index is 13.5. The highest BCUT2D eigenvalue weighted by Crippen LogP contribution is 2.22. The SMILES string of the molecule is CN=C(NCc1ccccc1CN(C)C)NCC(C)(C)c1cccc(F)c1.I. The van der Waals surface area contributed by atoms with Gasteiger partial charge >= 0.3 is 0 Å². The monoisotopic (exact) mass is 498 g/mol. The average Bonchev–Trinajstić information content (AvgIpc) is 2.62. The molecule has 2 rings (SSSR count). The molecular formula is C22H32FIN4. The fourth-order valence-corrected chi connectivity index (χ4v) is 2.94. The third-order valence-corrected chi connectivity index (χ3v) is 4.58. The van der Waals surface area contributed by atoms with Gasteiger partial charge in [-0.25, -0.2) is 4.39 Å². The first-order valence-corrected chi connectivity index (χ1v) is 9.24. The fraction of sp³-hybridized carbons (Fsp3) is 0.409. The van der Waals surface area contributed by atoms with Crippen molar-refractivity contribution in [1.29, 1.82) is 0 Å². The van der Waals surface area contributed by atoms with Crippen LogP contribution in [0.25, 0.3) is 0 Å². The van der Waals surface area contributed by atoms with Gasteiger partial charge in [-0.15, -0.1) is 24.0 Å². The Morgan fingerprint density at radius 3 is 2.32 bits per heavy atom. The highest BCUT2D eigenvalue weighted by Gasteiger charge is 2.21. The van der Waals surface area contributed by atoms with Crippen LogP contribution < -0.4 is 10.6 Å². The van der Waals surface area contributed by atoms with Crippen molar-refractivity contribution in [1.82, 2.24) is 15.5 Å². The molecule has 0 aliphatic carbocycles. The summed E-state index contributed by atoms with van der Waals surface area (Å²) in [7, 11) is 5.90. The Balaban J connectivity index is 0.00000392. The first-order valence-electron chi connectivity index (χ1n) is 9.24. The van der Waals surface area contributed by atoms with Crippen LogP contribution in [0.4, 0.5) is 4.39 Å². The zero-order valence-corrected chi connectivity index (χ0v) is 19.8. The third-order valence-electron chi connectivity index (χ3n) is 4.58. The summed E-state index contributed by atoms with van der Waals surface area (Å²) in [6.45, 7) is 6.43. The largest absolute Gasteiger partial charge is 0.356 e. The number of rotatable bonds is 7. The minimum absolute atomic E-state index is 0. The van der Waals surface area contributed by atoms with Crippen molar-refractivity contribution in [3.8, 4) is 0 Å². The molecule has 154 valence electrons. The van der Waals surface area contributed by atoms with E-state index in [2.05, 4.69) is 72.7 Å². The molecule has 0 radical (unpaired) electrons. The van der Waals surface area contributed by atoms with Crippen molar-refractivity contribution in [2.24, 2.45) is 4.99 Å². The quantitative estimate of drug-likeness (QED) is 0.343. The van der Waals surface area contributed by atoms with E-state index in [4.69, 9.17) is 0 Å². The lowest BCUT2D eigenvalue weighted by Gasteiger charge is -2.27. The molecule has 0 saturated carbocycles. The molecule has 2 aromatic rings. The Hall–Kier alpha value is -1.67. The van der Waals surface area contributed by atoms with E-state index in [9.17, 15) is 4.39 Å². The summed E-state index contributed by atoms with van der Waals surface area (Å²) >= 11 is 0. The average molecular weight is 498 g/mol. The van der Waals surface area contributed by atoms with Gasteiger partial charge in [-0.2, -0.15) is 0 Å². The first-order chi connectivity index (χ1) is 12.8. The lowest BCUT2D eigenvalue weighted by atomic mass is 9.84. The van der Waals surface area contributed by atoms with Crippen LogP contribution >= 0.6 is 24.0 Å². The van der Waals surface area contributed by atoms with Crippen LogP contribution in [0.3, 0.4) is 0 Å². The standard InChI is InChI=1S/C22H31FN4.HI/c1-22(2,19-11-8-12-20(23)13-19)16-26-21(24-3)25-14-17-9-6-7-10-18(17)15-27(4)5;/h6-13H,14-16H2,1-5H3,(H2,24,25,26);1H. The Morgan fingerprint density at radius 2 is 1.71 bits per heavy atom. The van der Waals surface area contributed by atoms with E-state index in [0.717, 1.165) is 18.1 Å². The molecule has 0 spiro atoms. The highest BCUT2D eigenvalue weighted by molar-refractivity contribution is 14.0. The Kier molecular flexibility index (Phi) is 9.89. The molecule has 2 aromatic carbocycles. The van der Waals surface area contributed by atoms with Gasteiger partial charge < -0.3 is 15.5 Å². The lowest BCUT2D eigenvalue weighted by molar-refractivity contribution is 0.400. The molecule has 0 saturated heterocycles. The van der Waals surface area contributed by atoms with E-state index in [-0.39, 0.29) is 35.2 Å². The number of guanidine groups is 1. The maximum Gasteiger partial charge on any atom is 0.191 e. The molecule has 0 aliphatic heterocycles. The number of halogens is 2. The number of hydrogen-bond donors (Lipinski definition) is 2. The predicted octanol–water partition coefficient (Wildman–Crippen LogP) is 4.15. The van der Waals surface area contributed by atoms with Crippen molar-refractivity contribution in [2.75, 3.05) is 27.7 Å². The molecule has 0 fully saturated rings. The smallest absolute Gasteiger partial charge is 0.191 e. The molecular weight excluding hydrogens is 466 g/mol. The summed E-state index contributed by atoms with van der Waals surface area (Å²) in [5.41, 5.74) is 3.29. The van der Waals surface area contributed by atoms with Gasteiger partial charge in [0.05, 0.1) is 0 Å². The van der Waals surface area contributed by atoms with Crippen LogP contribution in [-0.2, 0) is 18.5 Å². The van der Waals surface area contributed by atoms with Gasteiger partial charge in [-0.05, 0) is 42.9 Å². The van der Waals surface area contributed by atoms with E-state index in [0.29, 0.717) is 13.1 Å². The summed E-state index contributed by atoms with van der Waals surface area (Å²) in [6.07, 6.45) is 0. The van der Waals surface area contributed by atoms with Crippen molar-refractivity contribution < 1.29 is 4.39 Å². The van der Waals surface area contributed by atoms with Crippen LogP contribution in [0.15, 0.2) is 53.5 Å². The van der Waals surface area contributed by atoms with E-state index in [1.807, 2.05) is 6.07 Å². The lowest BCUT2D eigenvalue weighted by Crippen LogP contribution is -2.43. The summed E-state index contributed by atoms with van der Waals surface area (Å²) < 4.78 is 13.5. The van der Waals surface area contributed by atoms with Crippen LogP contribution in [0.2, 0.25) is 0 Å². The number of hydrogen-bond acceptors (Lipinski definition) is 2. The zero-order chi connectivity index (χ0) is 19.9. The van der Waals surface area contributed by atoms with Crippen molar-refractivity contribution in [2.45, 2.75) is 32.4 Å². The van der Waals surface area contributed by atoms with E-state index in [1.165, 1.54) is 17.2 Å². The number of nitrogens with one attached hydrogen (secondary N) is 2. The zero-order valence-electron chi connectivity index (χ0n) is 17.4. The van der Waals surface area contributed by atoms with Gasteiger partial charge in [-0.1, -0.05) is 50.2 Å². The molecule has 0 bridgehead atoms. The van der Waals surface area contributed by atoms with Gasteiger partial charge in [0.25, 0.3) is 0 Å². The molecule has 4 nitrogen and oxygen atoms in total. The molecule has 0 atom stereocenters. The highest BCUT2D eigenvalue weighted by atomic mass is 127. The predicted molar refractivity (Wildman–Crippen MR) is 127 cm³/mol. The van der Waals surface area contributed by atoms with E-state index < -0.39 is 0 Å². The van der Waals surface area contributed by atoms with Gasteiger partial charge in [0.2, 0.25) is 0 Å². The normalized spacial score (nSPS) is 11.9. The van der Waals surface area contributed by atoms with Crippen LogP contribution in [0.5, 0.6) is 0 Å². The van der Waals surface area contributed by atoms with Gasteiger partial charge in [0.1, 0.15) is 5.82 Å². The van der Waals surface area contributed by atoms with Gasteiger partial charge in [0.15, 0.2) is 5.96 Å². The van der Waals surface area contributed by atoms with Gasteiger partial charge in [0, 0.05) is 32.1 Å². The topological polar surface area (TPSA) is 39.7 Å². The van der Waals surface area contributed by atoms with Crippen LogP contribution in [0, 0.1) is 5.82 Å². The van der Waals surface area contributed by atoms with E-state index in [1.54, 1.807) is 19.2 Å². The molecule has 0 unspecified atom stereocenters. The number of aliphatic imine (C=N–C) groups is 1. The summed E-state index contributed by atoms with van der Waals surface area (Å²) in [5.74, 6) is 0.528. The van der Waals surface area contributed by atoms with E-state index >= 15 is 0 Å². The minimum atomic E-state index is -0.220. The second-order valence-electron chi connectivity index (χ2n) is 7.68. The van der Waals surface area contributed by atoms with Crippen LogP contribution in [0.1, 0.15) is 30.5 Å². The minimum Gasteiger partial charge on any atom is -0.356 e. The Labute approximate surface area is 185 Å². The summed E-state index contributed by atoms with van der Waals surface area (Å²) in [5, 5.41) is 6.75. The Morgan fingerprint density at radius 1 is 1.04 bits per heavy atom. The molecule has 0 heterocycles. The van der Waals surface area contributed by atoms with Crippen molar-refractivity contribution in [3.63, 3.8) is 0 Å². The third kappa shape index (κ3) is 7.39. The van der Waals surface area contributed by atoms with Gasteiger partial charge in [-0.3, -0.25) is 4.99 Å². The van der Waals surface area contributed by atoms with Crippen LogP contribution in [-0.4, -0.2) is 38.5 Å². The molecule has 0 aliphatic rings. The molecule has 2 N–H and O–H groups in total. The number of nitrogens with zero attached hydrogens (tertiary/aromatic N) is 2. The molecule has 0 amide bonds. The summed E-state index contributed by atoms with van der Waals surface area (Å²) in [4.78, 5) is 6.48. The van der Waals surface area contributed by atoms with Crippen molar-refractivity contribution in [3.05, 3.63) is 71.0 Å². The fourth-order valence-electron chi connectivity index (χ4n) is 2.94. The summed E-state index contributed by atoms with van der Waals surface area (Å²) in [6, 6.07) is 15.2. The second-order valence-corrected chi connectivity index (χ2v) is 7.68. The maximum atomic E-state index is 13.5. The molecule has 0 aromatic heterocycles.